The highest BCUT2D eigenvalue weighted by molar-refractivity contribution is 8.18. The second kappa shape index (κ2) is 9.27. The minimum absolute atomic E-state index is 0.120. The fraction of sp³-hybridized carbons (Fsp3) is 0.143. The Balaban J connectivity index is 1.72. The SMILES string of the molecule is Cc1cccc(NC(=O)CN2C(=O)S/C(=C/c3ccccc3OCC(=O)O)C2=O)c1. The Hall–Kier alpha value is -3.59. The van der Waals surface area contributed by atoms with Crippen LogP contribution in [-0.4, -0.2) is 46.2 Å². The summed E-state index contributed by atoms with van der Waals surface area (Å²) in [5, 5.41) is 10.9. The number of nitrogens with one attached hydrogen (secondary N) is 1. The molecule has 9 heteroatoms. The number of nitrogens with zero attached hydrogens (tertiary/aromatic N) is 1. The molecule has 3 rings (SSSR count). The molecule has 3 amide bonds. The Kier molecular flexibility index (Phi) is 6.53. The van der Waals surface area contributed by atoms with Crippen LogP contribution in [-0.2, 0) is 14.4 Å². The van der Waals surface area contributed by atoms with Crippen molar-refractivity contribution in [2.75, 3.05) is 18.5 Å². The fourth-order valence-electron chi connectivity index (χ4n) is 2.72. The molecule has 30 heavy (non-hydrogen) atoms. The number of hydrogen-bond acceptors (Lipinski definition) is 6. The van der Waals surface area contributed by atoms with Gasteiger partial charge in [0.05, 0.1) is 4.91 Å². The number of carbonyl (C=O) groups is 4. The zero-order valence-electron chi connectivity index (χ0n) is 16.0. The molecule has 0 saturated carbocycles. The smallest absolute Gasteiger partial charge is 0.341 e. The van der Waals surface area contributed by atoms with E-state index in [4.69, 9.17) is 9.84 Å². The molecule has 0 aliphatic carbocycles. The molecule has 0 spiro atoms. The molecule has 0 atom stereocenters. The third kappa shape index (κ3) is 5.26. The van der Waals surface area contributed by atoms with Gasteiger partial charge in [-0.15, -0.1) is 0 Å². The molecule has 0 aromatic heterocycles. The molecule has 1 aliphatic heterocycles. The summed E-state index contributed by atoms with van der Waals surface area (Å²) < 4.78 is 5.21. The number of amides is 3. The molecule has 8 nitrogen and oxygen atoms in total. The van der Waals surface area contributed by atoms with Crippen molar-refractivity contribution in [3.8, 4) is 5.75 Å². The van der Waals surface area contributed by atoms with E-state index in [0.717, 1.165) is 10.5 Å². The molecular weight excluding hydrogens is 408 g/mol. The van der Waals surface area contributed by atoms with Crippen molar-refractivity contribution in [1.82, 2.24) is 4.90 Å². The highest BCUT2D eigenvalue weighted by Crippen LogP contribution is 2.33. The van der Waals surface area contributed by atoms with E-state index in [2.05, 4.69) is 5.32 Å². The van der Waals surface area contributed by atoms with E-state index in [1.165, 1.54) is 6.08 Å². The minimum atomic E-state index is -1.13. The van der Waals surface area contributed by atoms with E-state index in [-0.39, 0.29) is 10.7 Å². The molecule has 2 aromatic carbocycles. The summed E-state index contributed by atoms with van der Waals surface area (Å²) in [5.41, 5.74) is 1.99. The van der Waals surface area contributed by atoms with Crippen LogP contribution in [0.5, 0.6) is 5.75 Å². The number of carbonyl (C=O) groups excluding carboxylic acids is 3. The second-order valence-corrected chi connectivity index (χ2v) is 7.40. The standard InChI is InChI=1S/C21H18N2O6S/c1-13-5-4-7-15(9-13)22-18(24)11-23-20(27)17(30-21(23)28)10-14-6-2-3-8-16(14)29-12-19(25)26/h2-10H,11-12H2,1H3,(H,22,24)(H,25,26)/b17-10+. The molecule has 154 valence electrons. The van der Waals surface area contributed by atoms with E-state index in [9.17, 15) is 19.2 Å². The lowest BCUT2D eigenvalue weighted by Gasteiger charge is -2.12. The first-order valence-corrected chi connectivity index (χ1v) is 9.70. The van der Waals surface area contributed by atoms with Crippen LogP contribution >= 0.6 is 11.8 Å². The van der Waals surface area contributed by atoms with Gasteiger partial charge in [-0.3, -0.25) is 19.3 Å². The van der Waals surface area contributed by atoms with Crippen LogP contribution in [0.15, 0.2) is 53.4 Å². The maximum absolute atomic E-state index is 12.6. The van der Waals surface area contributed by atoms with E-state index in [1.54, 1.807) is 42.5 Å². The summed E-state index contributed by atoms with van der Waals surface area (Å²) in [5.74, 6) is -1.96. The molecule has 2 aromatic rings. The van der Waals surface area contributed by atoms with Gasteiger partial charge in [0.1, 0.15) is 12.3 Å². The summed E-state index contributed by atoms with van der Waals surface area (Å²) >= 11 is 0.707. The monoisotopic (exact) mass is 426 g/mol. The van der Waals surface area contributed by atoms with E-state index >= 15 is 0 Å². The van der Waals surface area contributed by atoms with Crippen LogP contribution in [0.25, 0.3) is 6.08 Å². The Bertz CT molecular complexity index is 1050. The van der Waals surface area contributed by atoms with E-state index in [0.29, 0.717) is 23.0 Å². The normalized spacial score (nSPS) is 14.8. The van der Waals surface area contributed by atoms with Crippen LogP contribution in [0, 0.1) is 6.92 Å². The lowest BCUT2D eigenvalue weighted by molar-refractivity contribution is -0.139. The van der Waals surface area contributed by atoms with E-state index in [1.807, 2.05) is 13.0 Å². The van der Waals surface area contributed by atoms with Crippen molar-refractivity contribution in [3.63, 3.8) is 0 Å². The van der Waals surface area contributed by atoms with Gasteiger partial charge in [-0.1, -0.05) is 30.3 Å². The summed E-state index contributed by atoms with van der Waals surface area (Å²) in [7, 11) is 0. The van der Waals surface area contributed by atoms with Crippen molar-refractivity contribution in [2.45, 2.75) is 6.92 Å². The van der Waals surface area contributed by atoms with Crippen LogP contribution in [0.4, 0.5) is 10.5 Å². The van der Waals surface area contributed by atoms with Gasteiger partial charge in [0, 0.05) is 11.3 Å². The molecule has 1 aliphatic rings. The predicted octanol–water partition coefficient (Wildman–Crippen LogP) is 3.13. The molecular formula is C21H18N2O6S. The summed E-state index contributed by atoms with van der Waals surface area (Å²) in [4.78, 5) is 48.9. The molecule has 1 fully saturated rings. The zero-order valence-corrected chi connectivity index (χ0v) is 16.8. The number of ether oxygens (including phenoxy) is 1. The fourth-order valence-corrected chi connectivity index (χ4v) is 3.54. The highest BCUT2D eigenvalue weighted by Gasteiger charge is 2.36. The third-order valence-electron chi connectivity index (χ3n) is 4.03. The van der Waals surface area contributed by atoms with Gasteiger partial charge < -0.3 is 15.2 Å². The van der Waals surface area contributed by atoms with Crippen LogP contribution in [0.3, 0.4) is 0 Å². The number of para-hydroxylation sites is 1. The Morgan fingerprint density at radius 3 is 2.67 bits per heavy atom. The summed E-state index contributed by atoms with van der Waals surface area (Å²) in [6.45, 7) is 0.938. The first kappa shape index (κ1) is 21.1. The molecule has 1 heterocycles. The van der Waals surface area contributed by atoms with Crippen molar-refractivity contribution in [3.05, 3.63) is 64.6 Å². The van der Waals surface area contributed by atoms with Crippen molar-refractivity contribution < 1.29 is 29.0 Å². The predicted molar refractivity (Wildman–Crippen MR) is 112 cm³/mol. The maximum Gasteiger partial charge on any atom is 0.341 e. The first-order chi connectivity index (χ1) is 14.3. The number of aliphatic carboxylic acids is 1. The number of imide groups is 1. The minimum Gasteiger partial charge on any atom is -0.481 e. The van der Waals surface area contributed by atoms with Gasteiger partial charge in [0.15, 0.2) is 6.61 Å². The number of aryl methyl sites for hydroxylation is 1. The maximum atomic E-state index is 12.6. The third-order valence-corrected chi connectivity index (χ3v) is 4.94. The number of benzene rings is 2. The zero-order chi connectivity index (χ0) is 21.7. The molecule has 0 bridgehead atoms. The summed E-state index contributed by atoms with van der Waals surface area (Å²) in [6, 6.07) is 13.7. The van der Waals surface area contributed by atoms with Crippen molar-refractivity contribution >= 4 is 46.5 Å². The van der Waals surface area contributed by atoms with Gasteiger partial charge in [0.2, 0.25) is 5.91 Å². The number of carboxylic acid groups (broad SMARTS) is 1. The Morgan fingerprint density at radius 2 is 1.93 bits per heavy atom. The van der Waals surface area contributed by atoms with Crippen LogP contribution < -0.4 is 10.1 Å². The van der Waals surface area contributed by atoms with Gasteiger partial charge in [-0.2, -0.15) is 0 Å². The van der Waals surface area contributed by atoms with Crippen molar-refractivity contribution in [1.29, 1.82) is 0 Å². The highest BCUT2D eigenvalue weighted by atomic mass is 32.2. The molecule has 0 unspecified atom stereocenters. The molecule has 0 radical (unpaired) electrons. The van der Waals surface area contributed by atoms with E-state index < -0.39 is 36.2 Å². The number of thioether (sulfide) groups is 1. The van der Waals surface area contributed by atoms with Crippen LogP contribution in [0.1, 0.15) is 11.1 Å². The molecule has 1 saturated heterocycles. The van der Waals surface area contributed by atoms with Crippen molar-refractivity contribution in [2.24, 2.45) is 0 Å². The summed E-state index contributed by atoms with van der Waals surface area (Å²) in [6.07, 6.45) is 1.44. The van der Waals surface area contributed by atoms with Gasteiger partial charge in [-0.05, 0) is 48.5 Å². The number of hydrogen-bond donors (Lipinski definition) is 2. The quantitative estimate of drug-likeness (QED) is 0.654. The van der Waals surface area contributed by atoms with Crippen LogP contribution in [0.2, 0.25) is 0 Å². The Morgan fingerprint density at radius 1 is 1.17 bits per heavy atom. The van der Waals surface area contributed by atoms with Gasteiger partial charge in [0.25, 0.3) is 11.1 Å². The number of anilines is 1. The molecule has 2 N–H and O–H groups in total. The number of rotatable bonds is 7. The lowest BCUT2D eigenvalue weighted by Crippen LogP contribution is -2.36. The topological polar surface area (TPSA) is 113 Å². The first-order valence-electron chi connectivity index (χ1n) is 8.89. The second-order valence-electron chi connectivity index (χ2n) is 6.41. The number of carboxylic acids is 1. The Labute approximate surface area is 176 Å². The largest absolute Gasteiger partial charge is 0.481 e. The van der Waals surface area contributed by atoms with Gasteiger partial charge >= 0.3 is 5.97 Å². The lowest BCUT2D eigenvalue weighted by atomic mass is 10.2. The average molecular weight is 426 g/mol. The van der Waals surface area contributed by atoms with Gasteiger partial charge in [-0.25, -0.2) is 4.79 Å². The average Bonchev–Trinajstić information content (AvgIpc) is 2.94.